The van der Waals surface area contributed by atoms with E-state index >= 15 is 0 Å². The quantitative estimate of drug-likeness (QED) is 0.705. The summed E-state index contributed by atoms with van der Waals surface area (Å²) in [6, 6.07) is 11.8. The molecule has 0 radical (unpaired) electrons. The van der Waals surface area contributed by atoms with Gasteiger partial charge in [-0.2, -0.15) is 0 Å². The number of benzene rings is 1. The van der Waals surface area contributed by atoms with Gasteiger partial charge in [-0.05, 0) is 72.3 Å². The lowest BCUT2D eigenvalue weighted by atomic mass is 9.80. The number of aromatic nitrogens is 1. The van der Waals surface area contributed by atoms with Crippen LogP contribution in [0.1, 0.15) is 49.1 Å². The molecule has 0 amide bonds. The van der Waals surface area contributed by atoms with Crippen molar-refractivity contribution in [1.29, 1.82) is 5.41 Å². The monoisotopic (exact) mass is 453 g/mol. The van der Waals surface area contributed by atoms with Gasteiger partial charge >= 0.3 is 0 Å². The van der Waals surface area contributed by atoms with Gasteiger partial charge in [0, 0.05) is 41.7 Å². The van der Waals surface area contributed by atoms with Crippen molar-refractivity contribution in [2.45, 2.75) is 60.6 Å². The number of hydrogen-bond acceptors (Lipinski definition) is 5. The number of thioether (sulfide) groups is 1. The summed E-state index contributed by atoms with van der Waals surface area (Å²) in [5, 5.41) is 8.89. The average molecular weight is 454 g/mol. The molecule has 2 N–H and O–H groups in total. The summed E-state index contributed by atoms with van der Waals surface area (Å²) in [6.45, 7) is 0. The zero-order valence-electron chi connectivity index (χ0n) is 17.3. The smallest absolute Gasteiger partial charge is 0.242 e. The fourth-order valence-electron chi connectivity index (χ4n) is 5.22. The van der Waals surface area contributed by atoms with Crippen LogP contribution in [0.15, 0.2) is 64.7 Å². The molecule has 2 aromatic rings. The molecule has 1 aliphatic heterocycles. The standard InChI is InChI=1S/C24H27N3O2S2/c25-18-12-17-4-1-2-6-21(17)22-14-23(30-24(22)13-18)16-7-9-19(10-8-16)27-31(28,29)20-5-3-11-26-15-20/h1-6,11,13,15-16,19,22-23,25,27H,7-10,12,14H2. The van der Waals surface area contributed by atoms with Crippen LogP contribution in [0, 0.1) is 11.3 Å². The Hall–Kier alpha value is -1.96. The maximum atomic E-state index is 12.6. The molecule has 5 nitrogen and oxygen atoms in total. The molecule has 5 rings (SSSR count). The Bertz CT molecular complexity index is 1110. The van der Waals surface area contributed by atoms with Gasteiger partial charge in [-0.1, -0.05) is 24.3 Å². The third-order valence-corrected chi connectivity index (χ3v) is 9.85. The molecule has 1 saturated carbocycles. The summed E-state index contributed by atoms with van der Waals surface area (Å²) in [5.74, 6) is 1.01. The second-order valence-corrected chi connectivity index (χ2v) is 11.8. The van der Waals surface area contributed by atoms with Gasteiger partial charge in [-0.25, -0.2) is 13.1 Å². The zero-order chi connectivity index (χ0) is 21.4. The van der Waals surface area contributed by atoms with Crippen molar-refractivity contribution in [2.24, 2.45) is 5.92 Å². The van der Waals surface area contributed by atoms with Gasteiger partial charge in [-0.3, -0.25) is 4.98 Å². The van der Waals surface area contributed by atoms with E-state index in [1.165, 1.54) is 22.2 Å². The molecule has 2 heterocycles. The van der Waals surface area contributed by atoms with Crippen LogP contribution in [0.5, 0.6) is 0 Å². The van der Waals surface area contributed by atoms with Gasteiger partial charge < -0.3 is 5.41 Å². The summed E-state index contributed by atoms with van der Waals surface area (Å²) in [7, 11) is -3.51. The second kappa shape index (κ2) is 8.52. The van der Waals surface area contributed by atoms with Crippen molar-refractivity contribution in [3.05, 3.63) is 70.9 Å². The predicted molar refractivity (Wildman–Crippen MR) is 125 cm³/mol. The van der Waals surface area contributed by atoms with E-state index < -0.39 is 10.0 Å². The Labute approximate surface area is 188 Å². The first kappa shape index (κ1) is 20.9. The van der Waals surface area contributed by atoms with E-state index in [1.54, 1.807) is 18.3 Å². The highest BCUT2D eigenvalue weighted by Gasteiger charge is 2.39. The number of pyridine rings is 1. The van der Waals surface area contributed by atoms with Crippen LogP contribution in [0.3, 0.4) is 0 Å². The van der Waals surface area contributed by atoms with Gasteiger partial charge in [-0.15, -0.1) is 11.8 Å². The first-order valence-corrected chi connectivity index (χ1v) is 13.3. The summed E-state index contributed by atoms with van der Waals surface area (Å²) in [4.78, 5) is 5.51. The van der Waals surface area contributed by atoms with Crippen LogP contribution in [0.2, 0.25) is 0 Å². The molecule has 0 bridgehead atoms. The number of nitrogens with one attached hydrogen (secondary N) is 2. The molecule has 2 fully saturated rings. The topological polar surface area (TPSA) is 82.9 Å². The van der Waals surface area contributed by atoms with Crippen molar-refractivity contribution in [3.63, 3.8) is 0 Å². The molecule has 31 heavy (non-hydrogen) atoms. The number of sulfonamides is 1. The average Bonchev–Trinajstić information content (AvgIpc) is 3.12. The Morgan fingerprint density at radius 3 is 2.65 bits per heavy atom. The largest absolute Gasteiger partial charge is 0.305 e. The lowest BCUT2D eigenvalue weighted by molar-refractivity contribution is 0.301. The summed E-state index contributed by atoms with van der Waals surface area (Å²) < 4.78 is 28.1. The first-order chi connectivity index (χ1) is 15.0. The molecule has 3 aliphatic rings. The van der Waals surface area contributed by atoms with Crippen LogP contribution in [0.25, 0.3) is 0 Å². The summed E-state index contributed by atoms with van der Waals surface area (Å²) in [5.41, 5.74) is 3.38. The third-order valence-electron chi connectivity index (χ3n) is 6.79. The van der Waals surface area contributed by atoms with Gasteiger partial charge in [0.1, 0.15) is 4.90 Å². The van der Waals surface area contributed by atoms with Crippen LogP contribution in [0.4, 0.5) is 0 Å². The molecule has 2 aliphatic carbocycles. The van der Waals surface area contributed by atoms with E-state index in [2.05, 4.69) is 40.0 Å². The predicted octanol–water partition coefficient (Wildman–Crippen LogP) is 4.67. The minimum absolute atomic E-state index is 0.00791. The first-order valence-electron chi connectivity index (χ1n) is 11.0. The normalized spacial score (nSPS) is 28.4. The van der Waals surface area contributed by atoms with E-state index in [9.17, 15) is 8.42 Å². The molecule has 0 spiro atoms. The molecular formula is C24H27N3O2S2. The van der Waals surface area contributed by atoms with Gasteiger partial charge in [0.2, 0.25) is 10.0 Å². The number of allylic oxidation sites excluding steroid dienone is 2. The second-order valence-electron chi connectivity index (χ2n) is 8.81. The number of fused-ring (bicyclic) bond motifs is 3. The molecule has 162 valence electrons. The van der Waals surface area contributed by atoms with Crippen molar-refractivity contribution in [2.75, 3.05) is 0 Å². The molecule has 1 aromatic heterocycles. The van der Waals surface area contributed by atoms with Crippen LogP contribution in [-0.2, 0) is 16.4 Å². The van der Waals surface area contributed by atoms with Gasteiger partial charge in [0.25, 0.3) is 0 Å². The molecular weight excluding hydrogens is 426 g/mol. The minimum atomic E-state index is -3.51. The molecule has 7 heteroatoms. The van der Waals surface area contributed by atoms with E-state index in [0.29, 0.717) is 22.8 Å². The number of nitrogens with zero attached hydrogens (tertiary/aromatic N) is 1. The van der Waals surface area contributed by atoms with Gasteiger partial charge in [0.05, 0.1) is 0 Å². The summed E-state index contributed by atoms with van der Waals surface area (Å²) in [6.07, 6.45) is 10.8. The van der Waals surface area contributed by atoms with E-state index in [4.69, 9.17) is 5.41 Å². The highest BCUT2D eigenvalue weighted by molar-refractivity contribution is 8.04. The Kier molecular flexibility index (Phi) is 5.75. The Morgan fingerprint density at radius 2 is 1.87 bits per heavy atom. The molecule has 2 unspecified atom stereocenters. The molecule has 2 atom stereocenters. The van der Waals surface area contributed by atoms with Crippen LogP contribution >= 0.6 is 11.8 Å². The van der Waals surface area contributed by atoms with Crippen LogP contribution in [-0.4, -0.2) is 30.4 Å². The molecule has 1 saturated heterocycles. The van der Waals surface area contributed by atoms with Gasteiger partial charge in [0.15, 0.2) is 0 Å². The third kappa shape index (κ3) is 4.36. The fraction of sp³-hybridized carbons (Fsp3) is 0.417. The highest BCUT2D eigenvalue weighted by Crippen LogP contribution is 2.53. The van der Waals surface area contributed by atoms with Crippen molar-refractivity contribution in [1.82, 2.24) is 9.71 Å². The van der Waals surface area contributed by atoms with Crippen molar-refractivity contribution < 1.29 is 8.42 Å². The van der Waals surface area contributed by atoms with E-state index in [1.807, 2.05) is 11.8 Å². The Morgan fingerprint density at radius 1 is 1.06 bits per heavy atom. The lowest BCUT2D eigenvalue weighted by Gasteiger charge is -2.32. The van der Waals surface area contributed by atoms with Crippen molar-refractivity contribution >= 4 is 27.5 Å². The number of rotatable bonds is 4. The maximum Gasteiger partial charge on any atom is 0.242 e. The molecule has 1 aromatic carbocycles. The number of hydrogen-bond donors (Lipinski definition) is 2. The van der Waals surface area contributed by atoms with E-state index in [-0.39, 0.29) is 10.9 Å². The zero-order valence-corrected chi connectivity index (χ0v) is 19.0. The van der Waals surface area contributed by atoms with Crippen molar-refractivity contribution in [3.8, 4) is 0 Å². The SMILES string of the molecule is N=C1C=C2SC(C3CCC(NS(=O)(=O)c4cccnc4)CC3)CC2c2ccccc2C1. The van der Waals surface area contributed by atoms with Crippen LogP contribution < -0.4 is 4.72 Å². The minimum Gasteiger partial charge on any atom is -0.305 e. The highest BCUT2D eigenvalue weighted by atomic mass is 32.2. The fourth-order valence-corrected chi connectivity index (χ4v) is 8.19. The maximum absolute atomic E-state index is 12.6. The lowest BCUT2D eigenvalue weighted by Crippen LogP contribution is -2.38. The van der Waals surface area contributed by atoms with E-state index in [0.717, 1.165) is 38.5 Å². The summed E-state index contributed by atoms with van der Waals surface area (Å²) >= 11 is 1.97. The Balaban J connectivity index is 1.24.